The Balaban J connectivity index is 2.79. The van der Waals surface area contributed by atoms with Crippen molar-refractivity contribution in [3.8, 4) is 0 Å². The SMILES string of the molecule is CCC(C)n1ccc(CN(CC(=O)O)C(C)(C)C)n1. The van der Waals surface area contributed by atoms with Crippen molar-refractivity contribution >= 4 is 5.97 Å². The van der Waals surface area contributed by atoms with E-state index in [9.17, 15) is 4.79 Å². The smallest absolute Gasteiger partial charge is 0.317 e. The van der Waals surface area contributed by atoms with Gasteiger partial charge in [-0.2, -0.15) is 5.10 Å². The second kappa shape index (κ2) is 6.19. The van der Waals surface area contributed by atoms with E-state index in [0.29, 0.717) is 12.6 Å². The van der Waals surface area contributed by atoms with E-state index in [0.717, 1.165) is 12.1 Å². The van der Waals surface area contributed by atoms with Gasteiger partial charge in [-0.15, -0.1) is 0 Å². The van der Waals surface area contributed by atoms with E-state index in [1.54, 1.807) is 0 Å². The summed E-state index contributed by atoms with van der Waals surface area (Å²) in [4.78, 5) is 12.9. The lowest BCUT2D eigenvalue weighted by Crippen LogP contribution is -2.43. The number of aliphatic carboxylic acids is 1. The molecule has 0 radical (unpaired) electrons. The first-order valence-electron chi connectivity index (χ1n) is 6.75. The van der Waals surface area contributed by atoms with Crippen LogP contribution >= 0.6 is 0 Å². The summed E-state index contributed by atoms with van der Waals surface area (Å²) in [5.41, 5.74) is 0.718. The fourth-order valence-electron chi connectivity index (χ4n) is 1.78. The Labute approximate surface area is 115 Å². The number of rotatable bonds is 6. The van der Waals surface area contributed by atoms with E-state index < -0.39 is 5.97 Å². The van der Waals surface area contributed by atoms with Gasteiger partial charge in [0, 0.05) is 24.3 Å². The Morgan fingerprint density at radius 3 is 2.63 bits per heavy atom. The highest BCUT2D eigenvalue weighted by atomic mass is 16.4. The van der Waals surface area contributed by atoms with Gasteiger partial charge in [0.25, 0.3) is 0 Å². The predicted octanol–water partition coefficient (Wildman–Crippen LogP) is 2.54. The van der Waals surface area contributed by atoms with Crippen molar-refractivity contribution < 1.29 is 9.90 Å². The number of nitrogens with zero attached hydrogens (tertiary/aromatic N) is 3. The zero-order chi connectivity index (χ0) is 14.6. The second-order valence-electron chi connectivity index (χ2n) is 5.96. The standard InChI is InChI=1S/C14H25N3O2/c1-6-11(2)17-8-7-12(15-17)9-16(10-13(18)19)14(3,4)5/h7-8,11H,6,9-10H2,1-5H3,(H,18,19). The van der Waals surface area contributed by atoms with Crippen LogP contribution in [-0.4, -0.2) is 37.8 Å². The van der Waals surface area contributed by atoms with Crippen LogP contribution in [0.4, 0.5) is 0 Å². The van der Waals surface area contributed by atoms with Crippen molar-refractivity contribution in [1.82, 2.24) is 14.7 Å². The molecule has 0 aliphatic rings. The van der Waals surface area contributed by atoms with Crippen LogP contribution in [0.3, 0.4) is 0 Å². The fourth-order valence-corrected chi connectivity index (χ4v) is 1.78. The first-order chi connectivity index (χ1) is 8.74. The third kappa shape index (κ3) is 4.67. The summed E-state index contributed by atoms with van der Waals surface area (Å²) in [5.74, 6) is -0.809. The first kappa shape index (κ1) is 15.7. The molecule has 1 unspecified atom stereocenters. The van der Waals surface area contributed by atoms with E-state index in [-0.39, 0.29) is 12.1 Å². The monoisotopic (exact) mass is 267 g/mol. The maximum Gasteiger partial charge on any atom is 0.317 e. The van der Waals surface area contributed by atoms with Crippen LogP contribution in [-0.2, 0) is 11.3 Å². The summed E-state index contributed by atoms with van der Waals surface area (Å²) < 4.78 is 1.94. The molecule has 1 rings (SSSR count). The largest absolute Gasteiger partial charge is 0.480 e. The Hall–Kier alpha value is -1.36. The molecule has 1 aromatic rings. The Bertz CT molecular complexity index is 421. The number of aromatic nitrogens is 2. The van der Waals surface area contributed by atoms with Crippen LogP contribution < -0.4 is 0 Å². The summed E-state index contributed by atoms with van der Waals surface area (Å²) in [6, 6.07) is 2.34. The minimum atomic E-state index is -0.809. The van der Waals surface area contributed by atoms with Crippen LogP contribution in [0.25, 0.3) is 0 Å². The molecule has 108 valence electrons. The molecule has 0 fully saturated rings. The molecule has 5 heteroatoms. The lowest BCUT2D eigenvalue weighted by molar-refractivity contribution is -0.139. The van der Waals surface area contributed by atoms with Gasteiger partial charge < -0.3 is 5.11 Å². The summed E-state index contributed by atoms with van der Waals surface area (Å²) in [5, 5.41) is 13.5. The molecule has 0 aliphatic carbocycles. The molecule has 1 atom stereocenters. The molecule has 0 saturated heterocycles. The molecule has 0 bridgehead atoms. The minimum absolute atomic E-state index is 0.0275. The van der Waals surface area contributed by atoms with Crippen molar-refractivity contribution in [2.24, 2.45) is 0 Å². The molecular formula is C14H25N3O2. The molecule has 0 aliphatic heterocycles. The maximum absolute atomic E-state index is 10.9. The molecule has 19 heavy (non-hydrogen) atoms. The van der Waals surface area contributed by atoms with Gasteiger partial charge in [-0.05, 0) is 40.2 Å². The molecule has 1 N–H and O–H groups in total. The number of hydrogen-bond donors (Lipinski definition) is 1. The lowest BCUT2D eigenvalue weighted by atomic mass is 10.1. The summed E-state index contributed by atoms with van der Waals surface area (Å²) >= 11 is 0. The molecule has 5 nitrogen and oxygen atoms in total. The highest BCUT2D eigenvalue weighted by Gasteiger charge is 2.24. The Morgan fingerprint density at radius 1 is 1.53 bits per heavy atom. The fraction of sp³-hybridized carbons (Fsp3) is 0.714. The topological polar surface area (TPSA) is 58.4 Å². The Kier molecular flexibility index (Phi) is 5.11. The van der Waals surface area contributed by atoms with Gasteiger partial charge in [-0.1, -0.05) is 6.92 Å². The van der Waals surface area contributed by atoms with E-state index >= 15 is 0 Å². The summed E-state index contributed by atoms with van der Waals surface area (Å²) in [6.45, 7) is 10.9. The normalized spacial score (nSPS) is 13.8. The average Bonchev–Trinajstić information content (AvgIpc) is 2.74. The highest BCUT2D eigenvalue weighted by Crippen LogP contribution is 2.17. The van der Waals surface area contributed by atoms with Gasteiger partial charge in [-0.25, -0.2) is 0 Å². The zero-order valence-electron chi connectivity index (χ0n) is 12.6. The predicted molar refractivity (Wildman–Crippen MR) is 75.0 cm³/mol. The molecule has 0 saturated carbocycles. The van der Waals surface area contributed by atoms with Gasteiger partial charge in [-0.3, -0.25) is 14.4 Å². The second-order valence-corrected chi connectivity index (χ2v) is 5.96. The molecule has 0 spiro atoms. The van der Waals surface area contributed by atoms with Crippen LogP contribution in [0.2, 0.25) is 0 Å². The third-order valence-electron chi connectivity index (χ3n) is 3.33. The van der Waals surface area contributed by atoms with Crippen molar-refractivity contribution in [2.45, 2.75) is 59.2 Å². The van der Waals surface area contributed by atoms with Crippen LogP contribution in [0, 0.1) is 0 Å². The number of carboxylic acid groups (broad SMARTS) is 1. The quantitative estimate of drug-likeness (QED) is 0.860. The van der Waals surface area contributed by atoms with Crippen molar-refractivity contribution in [1.29, 1.82) is 0 Å². The van der Waals surface area contributed by atoms with E-state index in [1.807, 2.05) is 42.6 Å². The lowest BCUT2D eigenvalue weighted by Gasteiger charge is -2.33. The third-order valence-corrected chi connectivity index (χ3v) is 3.33. The average molecular weight is 267 g/mol. The van der Waals surface area contributed by atoms with Gasteiger partial charge in [0.05, 0.1) is 12.2 Å². The van der Waals surface area contributed by atoms with Crippen molar-refractivity contribution in [3.63, 3.8) is 0 Å². The van der Waals surface area contributed by atoms with E-state index in [2.05, 4.69) is 18.9 Å². The van der Waals surface area contributed by atoms with Crippen LogP contribution in [0.1, 0.15) is 52.8 Å². The summed E-state index contributed by atoms with van der Waals surface area (Å²) in [6.07, 6.45) is 2.99. The molecular weight excluding hydrogens is 242 g/mol. The van der Waals surface area contributed by atoms with E-state index in [1.165, 1.54) is 0 Å². The first-order valence-corrected chi connectivity index (χ1v) is 6.75. The van der Waals surface area contributed by atoms with Crippen molar-refractivity contribution in [2.75, 3.05) is 6.54 Å². The molecule has 1 aromatic heterocycles. The van der Waals surface area contributed by atoms with Crippen molar-refractivity contribution in [3.05, 3.63) is 18.0 Å². The number of carbonyl (C=O) groups is 1. The van der Waals surface area contributed by atoms with Gasteiger partial charge >= 0.3 is 5.97 Å². The number of carboxylic acids is 1. The molecule has 0 amide bonds. The van der Waals surface area contributed by atoms with Gasteiger partial charge in [0.2, 0.25) is 0 Å². The molecule has 1 heterocycles. The highest BCUT2D eigenvalue weighted by molar-refractivity contribution is 5.69. The maximum atomic E-state index is 10.9. The Morgan fingerprint density at radius 2 is 2.16 bits per heavy atom. The number of hydrogen-bond acceptors (Lipinski definition) is 3. The van der Waals surface area contributed by atoms with Gasteiger partial charge in [0.1, 0.15) is 0 Å². The zero-order valence-corrected chi connectivity index (χ0v) is 12.6. The molecule has 0 aromatic carbocycles. The summed E-state index contributed by atoms with van der Waals surface area (Å²) in [7, 11) is 0. The van der Waals surface area contributed by atoms with E-state index in [4.69, 9.17) is 5.11 Å². The minimum Gasteiger partial charge on any atom is -0.480 e. The van der Waals surface area contributed by atoms with Crippen LogP contribution in [0.5, 0.6) is 0 Å². The van der Waals surface area contributed by atoms with Gasteiger partial charge in [0.15, 0.2) is 0 Å². The van der Waals surface area contributed by atoms with Crippen LogP contribution in [0.15, 0.2) is 12.3 Å².